The fourth-order valence-corrected chi connectivity index (χ4v) is 3.31. The van der Waals surface area contributed by atoms with Gasteiger partial charge in [0.25, 0.3) is 5.69 Å². The lowest BCUT2D eigenvalue weighted by molar-refractivity contribution is -0.394. The number of unbranched alkanes of at least 4 members (excludes halogenated alkanes) is 12. The van der Waals surface area contributed by atoms with E-state index in [1.807, 2.05) is 0 Å². The van der Waals surface area contributed by atoms with Crippen LogP contribution in [0.4, 0.5) is 11.4 Å². The Labute approximate surface area is 178 Å². The zero-order valence-electron chi connectivity index (χ0n) is 18.0. The normalized spacial score (nSPS) is 10.7. The van der Waals surface area contributed by atoms with Gasteiger partial charge < -0.3 is 4.74 Å². The van der Waals surface area contributed by atoms with E-state index in [0.29, 0.717) is 6.42 Å². The minimum Gasteiger partial charge on any atom is -0.419 e. The van der Waals surface area contributed by atoms with E-state index in [1.54, 1.807) is 0 Å². The number of ether oxygens (including phenoxy) is 1. The predicted molar refractivity (Wildman–Crippen MR) is 116 cm³/mol. The number of nitro benzene ring substituents is 2. The molecule has 0 heterocycles. The first-order chi connectivity index (χ1) is 14.5. The molecular weight excluding hydrogens is 388 g/mol. The molecular formula is C22H34N2O6. The predicted octanol–water partition coefficient (Wildman–Crippen LogP) is 6.89. The molecule has 0 aliphatic heterocycles. The molecule has 0 aromatic heterocycles. The Bertz CT molecular complexity index is 678. The summed E-state index contributed by atoms with van der Waals surface area (Å²) in [6, 6.07) is 2.98. The molecule has 0 N–H and O–H groups in total. The summed E-state index contributed by atoms with van der Waals surface area (Å²) in [5.41, 5.74) is -0.999. The van der Waals surface area contributed by atoms with Crippen LogP contribution in [0.15, 0.2) is 18.2 Å². The zero-order chi connectivity index (χ0) is 22.2. The maximum Gasteiger partial charge on any atom is 0.318 e. The van der Waals surface area contributed by atoms with Crippen molar-refractivity contribution in [2.75, 3.05) is 0 Å². The number of nitrogens with zero attached hydrogens (tertiary/aromatic N) is 2. The molecule has 0 radical (unpaired) electrons. The van der Waals surface area contributed by atoms with Gasteiger partial charge in [0.05, 0.1) is 15.9 Å². The zero-order valence-corrected chi connectivity index (χ0v) is 18.0. The van der Waals surface area contributed by atoms with E-state index >= 15 is 0 Å². The van der Waals surface area contributed by atoms with Gasteiger partial charge in [-0.3, -0.25) is 25.0 Å². The Hall–Kier alpha value is -2.51. The van der Waals surface area contributed by atoms with Gasteiger partial charge in [-0.25, -0.2) is 0 Å². The second kappa shape index (κ2) is 15.3. The van der Waals surface area contributed by atoms with Gasteiger partial charge in [0.2, 0.25) is 5.75 Å². The Kier molecular flexibility index (Phi) is 13.1. The Morgan fingerprint density at radius 1 is 0.800 bits per heavy atom. The summed E-state index contributed by atoms with van der Waals surface area (Å²) in [6.45, 7) is 2.23. The molecule has 0 unspecified atom stereocenters. The number of hydrogen-bond donors (Lipinski definition) is 0. The highest BCUT2D eigenvalue weighted by Gasteiger charge is 2.22. The molecule has 8 heteroatoms. The molecule has 1 aromatic carbocycles. The smallest absolute Gasteiger partial charge is 0.318 e. The van der Waals surface area contributed by atoms with Gasteiger partial charge in [0.15, 0.2) is 0 Å². The third-order valence-corrected chi connectivity index (χ3v) is 5.06. The van der Waals surface area contributed by atoms with E-state index in [-0.39, 0.29) is 12.2 Å². The van der Waals surface area contributed by atoms with E-state index in [2.05, 4.69) is 6.92 Å². The topological polar surface area (TPSA) is 113 Å². The van der Waals surface area contributed by atoms with Crippen molar-refractivity contribution >= 4 is 17.3 Å². The third-order valence-electron chi connectivity index (χ3n) is 5.06. The van der Waals surface area contributed by atoms with E-state index in [9.17, 15) is 25.0 Å². The van der Waals surface area contributed by atoms with Crippen molar-refractivity contribution in [1.82, 2.24) is 0 Å². The summed E-state index contributed by atoms with van der Waals surface area (Å²) in [6.07, 6.45) is 15.7. The first-order valence-corrected chi connectivity index (χ1v) is 11.1. The average molecular weight is 423 g/mol. The van der Waals surface area contributed by atoms with Crippen LogP contribution in [-0.4, -0.2) is 15.8 Å². The van der Waals surface area contributed by atoms with Gasteiger partial charge in [-0.2, -0.15) is 0 Å². The maximum absolute atomic E-state index is 11.9. The standard InChI is InChI=1S/C22H34N2O6/c1-2-3-4-5-6-7-8-9-10-11-12-13-14-15-22(25)30-21-17-16-19(23(26)27)18-20(21)24(28)29/h16-18H,2-15H2,1H3. The molecule has 8 nitrogen and oxygen atoms in total. The quantitative estimate of drug-likeness (QED) is 0.0888. The lowest BCUT2D eigenvalue weighted by atomic mass is 10.0. The van der Waals surface area contributed by atoms with Crippen LogP contribution < -0.4 is 4.74 Å². The van der Waals surface area contributed by atoms with Gasteiger partial charge in [0, 0.05) is 12.5 Å². The molecule has 168 valence electrons. The number of rotatable bonds is 17. The van der Waals surface area contributed by atoms with E-state index < -0.39 is 27.2 Å². The lowest BCUT2D eigenvalue weighted by Crippen LogP contribution is -2.09. The highest BCUT2D eigenvalue weighted by atomic mass is 16.6. The monoisotopic (exact) mass is 422 g/mol. The second-order valence-corrected chi connectivity index (χ2v) is 7.63. The highest BCUT2D eigenvalue weighted by molar-refractivity contribution is 5.74. The van der Waals surface area contributed by atoms with Crippen molar-refractivity contribution in [1.29, 1.82) is 0 Å². The fraction of sp³-hybridized carbons (Fsp3) is 0.682. The Morgan fingerprint density at radius 3 is 1.77 bits per heavy atom. The number of non-ortho nitro benzene ring substituents is 1. The van der Waals surface area contributed by atoms with Crippen LogP contribution in [0.5, 0.6) is 5.75 Å². The van der Waals surface area contributed by atoms with Crippen LogP contribution in [0.3, 0.4) is 0 Å². The van der Waals surface area contributed by atoms with Crippen LogP contribution in [-0.2, 0) is 4.79 Å². The van der Waals surface area contributed by atoms with E-state index in [0.717, 1.165) is 37.5 Å². The molecule has 1 rings (SSSR count). The van der Waals surface area contributed by atoms with Crippen molar-refractivity contribution in [3.8, 4) is 5.75 Å². The van der Waals surface area contributed by atoms with Crippen LogP contribution in [0, 0.1) is 20.2 Å². The molecule has 0 amide bonds. The van der Waals surface area contributed by atoms with Crippen LogP contribution >= 0.6 is 0 Å². The first kappa shape index (κ1) is 25.5. The molecule has 0 saturated carbocycles. The van der Waals surface area contributed by atoms with Gasteiger partial charge in [-0.1, -0.05) is 84.0 Å². The van der Waals surface area contributed by atoms with Crippen molar-refractivity contribution in [2.24, 2.45) is 0 Å². The molecule has 0 saturated heterocycles. The van der Waals surface area contributed by atoms with E-state index in [4.69, 9.17) is 4.74 Å². The highest BCUT2D eigenvalue weighted by Crippen LogP contribution is 2.31. The average Bonchev–Trinajstić information content (AvgIpc) is 2.71. The van der Waals surface area contributed by atoms with Gasteiger partial charge in [-0.05, 0) is 12.5 Å². The summed E-state index contributed by atoms with van der Waals surface area (Å²) in [7, 11) is 0. The summed E-state index contributed by atoms with van der Waals surface area (Å²) in [5, 5.41) is 21.8. The first-order valence-electron chi connectivity index (χ1n) is 11.1. The van der Waals surface area contributed by atoms with Crippen molar-refractivity contribution in [2.45, 2.75) is 96.8 Å². The molecule has 0 bridgehead atoms. The van der Waals surface area contributed by atoms with Crippen LogP contribution in [0.25, 0.3) is 0 Å². The minimum absolute atomic E-state index is 0.173. The number of carbonyl (C=O) groups is 1. The SMILES string of the molecule is CCCCCCCCCCCCCCCC(=O)Oc1ccc([N+](=O)[O-])cc1[N+](=O)[O-]. The molecule has 30 heavy (non-hydrogen) atoms. The van der Waals surface area contributed by atoms with Crippen molar-refractivity contribution < 1.29 is 19.4 Å². The molecule has 0 fully saturated rings. The van der Waals surface area contributed by atoms with Gasteiger partial charge in [0.1, 0.15) is 0 Å². The molecule has 0 atom stereocenters. The van der Waals surface area contributed by atoms with Crippen molar-refractivity contribution in [3.05, 3.63) is 38.4 Å². The maximum atomic E-state index is 11.9. The molecule has 0 spiro atoms. The van der Waals surface area contributed by atoms with Crippen molar-refractivity contribution in [3.63, 3.8) is 0 Å². The number of nitro groups is 2. The fourth-order valence-electron chi connectivity index (χ4n) is 3.31. The largest absolute Gasteiger partial charge is 0.419 e. The van der Waals surface area contributed by atoms with Gasteiger partial charge >= 0.3 is 11.7 Å². The number of esters is 1. The minimum atomic E-state index is -0.791. The molecule has 0 aliphatic rings. The lowest BCUT2D eigenvalue weighted by Gasteiger charge is -2.05. The third kappa shape index (κ3) is 10.9. The Morgan fingerprint density at radius 2 is 1.30 bits per heavy atom. The number of benzene rings is 1. The van der Waals surface area contributed by atoms with Gasteiger partial charge in [-0.15, -0.1) is 0 Å². The number of carbonyl (C=O) groups excluding carboxylic acids is 1. The van der Waals surface area contributed by atoms with E-state index in [1.165, 1.54) is 57.8 Å². The summed E-state index contributed by atoms with van der Waals surface area (Å²) in [4.78, 5) is 32.2. The molecule has 0 aliphatic carbocycles. The van der Waals surface area contributed by atoms with Crippen LogP contribution in [0.2, 0.25) is 0 Å². The molecule has 1 aromatic rings. The summed E-state index contributed by atoms with van der Waals surface area (Å²) < 4.78 is 5.05. The number of hydrogen-bond acceptors (Lipinski definition) is 6. The summed E-state index contributed by atoms with van der Waals surface area (Å²) >= 11 is 0. The Balaban J connectivity index is 2.14. The summed E-state index contributed by atoms with van der Waals surface area (Å²) in [5.74, 6) is -0.819. The second-order valence-electron chi connectivity index (χ2n) is 7.63. The van der Waals surface area contributed by atoms with Crippen LogP contribution in [0.1, 0.15) is 96.8 Å².